The van der Waals surface area contributed by atoms with E-state index in [1.807, 2.05) is 16.7 Å². The Labute approximate surface area is 211 Å². The van der Waals surface area contributed by atoms with E-state index in [0.717, 1.165) is 0 Å². The lowest BCUT2D eigenvalue weighted by Gasteiger charge is -2.49. The first kappa shape index (κ1) is 24.6. The molecular formula is C27H33N5O3Si. The maximum atomic E-state index is 10.8. The summed E-state index contributed by atoms with van der Waals surface area (Å²) in [5.41, 5.74) is 7.09. The average molecular weight is 504 g/mol. The second-order valence-electron chi connectivity index (χ2n) is 10.6. The van der Waals surface area contributed by atoms with Gasteiger partial charge in [0.25, 0.3) is 8.32 Å². The van der Waals surface area contributed by atoms with Gasteiger partial charge in [0, 0.05) is 25.0 Å². The van der Waals surface area contributed by atoms with Crippen molar-refractivity contribution >= 4 is 35.7 Å². The minimum atomic E-state index is -2.75. The number of aliphatic hydroxyl groups is 2. The van der Waals surface area contributed by atoms with E-state index in [4.69, 9.17) is 10.2 Å². The van der Waals surface area contributed by atoms with Gasteiger partial charge in [-0.2, -0.15) is 0 Å². The number of hydrogen-bond acceptors (Lipinski definition) is 7. The number of fused-ring (bicyclic) bond motifs is 1. The molecule has 1 fully saturated rings. The zero-order valence-electron chi connectivity index (χ0n) is 20.8. The number of imidazole rings is 1. The number of aliphatic hydroxyl groups excluding tert-OH is 2. The fourth-order valence-electron chi connectivity index (χ4n) is 5.58. The first-order valence-electron chi connectivity index (χ1n) is 12.3. The molecule has 0 amide bonds. The molecule has 4 aromatic rings. The molecule has 0 bridgehead atoms. The van der Waals surface area contributed by atoms with E-state index in [9.17, 15) is 10.2 Å². The van der Waals surface area contributed by atoms with Crippen molar-refractivity contribution in [1.82, 2.24) is 19.5 Å². The maximum Gasteiger partial charge on any atom is 0.261 e. The first-order chi connectivity index (χ1) is 17.2. The number of nitrogen functional groups attached to an aromatic ring is 1. The van der Waals surface area contributed by atoms with Gasteiger partial charge in [0.1, 0.15) is 11.8 Å². The molecule has 1 saturated carbocycles. The van der Waals surface area contributed by atoms with Gasteiger partial charge in [-0.1, -0.05) is 81.4 Å². The summed E-state index contributed by atoms with van der Waals surface area (Å²) in [6.07, 6.45) is 1.36. The number of benzene rings is 2. The van der Waals surface area contributed by atoms with Crippen LogP contribution in [-0.2, 0) is 11.0 Å². The molecule has 4 N–H and O–H groups in total. The Morgan fingerprint density at radius 1 is 0.889 bits per heavy atom. The topological polar surface area (TPSA) is 119 Å². The standard InChI is InChI=1S/C27H33N5O3Si/c1-27(2,3)36(18-10-6-4-7-11-18,19-12-8-5-9-13-19)35-15-21-20(23(33)24(21)34)14-32-17-31-22-25(28)29-16-30-26(22)32/h4-13,16-17,20-21,23-24,33-34H,14-15H2,1-3H3,(H2,28,29,30)/t20-,21+,23-,24+/m1/s1. The highest BCUT2D eigenvalue weighted by Gasteiger charge is 2.54. The van der Waals surface area contributed by atoms with E-state index >= 15 is 0 Å². The summed E-state index contributed by atoms with van der Waals surface area (Å²) < 4.78 is 8.91. The van der Waals surface area contributed by atoms with Crippen molar-refractivity contribution < 1.29 is 14.6 Å². The molecule has 8 nitrogen and oxygen atoms in total. The molecule has 9 heteroatoms. The van der Waals surface area contributed by atoms with Gasteiger partial charge in [-0.25, -0.2) is 15.0 Å². The minimum absolute atomic E-state index is 0.173. The lowest BCUT2D eigenvalue weighted by atomic mass is 9.68. The van der Waals surface area contributed by atoms with Gasteiger partial charge in [0.05, 0.1) is 18.5 Å². The van der Waals surface area contributed by atoms with Crippen LogP contribution >= 0.6 is 0 Å². The summed E-state index contributed by atoms with van der Waals surface area (Å²) in [6, 6.07) is 20.8. The monoisotopic (exact) mass is 503 g/mol. The summed E-state index contributed by atoms with van der Waals surface area (Å²) >= 11 is 0. The average Bonchev–Trinajstić information content (AvgIpc) is 3.30. The molecule has 2 aromatic heterocycles. The number of hydrogen-bond donors (Lipinski definition) is 3. The zero-order valence-corrected chi connectivity index (χ0v) is 21.8. The molecule has 0 spiro atoms. The van der Waals surface area contributed by atoms with Crippen LogP contribution in [0.25, 0.3) is 11.2 Å². The highest BCUT2D eigenvalue weighted by atomic mass is 28.4. The van der Waals surface area contributed by atoms with Gasteiger partial charge in [-0.05, 0) is 15.4 Å². The van der Waals surface area contributed by atoms with Crippen LogP contribution < -0.4 is 16.1 Å². The van der Waals surface area contributed by atoms with Crippen molar-refractivity contribution in [3.05, 3.63) is 73.3 Å². The largest absolute Gasteiger partial charge is 0.407 e. The van der Waals surface area contributed by atoms with Crippen LogP contribution in [0.15, 0.2) is 73.3 Å². The molecule has 0 radical (unpaired) electrons. The van der Waals surface area contributed by atoms with Gasteiger partial charge in [-0.3, -0.25) is 0 Å². The normalized spacial score (nSPS) is 22.5. The summed E-state index contributed by atoms with van der Waals surface area (Å²) in [6.45, 7) is 7.46. The fraction of sp³-hybridized carbons (Fsp3) is 0.370. The molecule has 2 aromatic carbocycles. The van der Waals surface area contributed by atoms with Gasteiger partial charge < -0.3 is 24.9 Å². The summed E-state index contributed by atoms with van der Waals surface area (Å²) in [7, 11) is -2.75. The van der Waals surface area contributed by atoms with Crippen molar-refractivity contribution in [2.24, 2.45) is 11.8 Å². The number of nitrogens with zero attached hydrogens (tertiary/aromatic N) is 4. The van der Waals surface area contributed by atoms with Crippen molar-refractivity contribution in [3.8, 4) is 0 Å². The van der Waals surface area contributed by atoms with Crippen molar-refractivity contribution in [3.63, 3.8) is 0 Å². The molecule has 1 aliphatic rings. The molecular weight excluding hydrogens is 470 g/mol. The van der Waals surface area contributed by atoms with Crippen molar-refractivity contribution in [2.75, 3.05) is 12.3 Å². The third kappa shape index (κ3) is 4.02. The number of nitrogens with two attached hydrogens (primary N) is 1. The molecule has 0 aliphatic heterocycles. The summed E-state index contributed by atoms with van der Waals surface area (Å²) in [5, 5.41) is 23.7. The van der Waals surface area contributed by atoms with E-state index in [2.05, 4.69) is 84.3 Å². The summed E-state index contributed by atoms with van der Waals surface area (Å²) in [5.74, 6) is -0.135. The second-order valence-corrected chi connectivity index (χ2v) is 14.9. The molecule has 5 rings (SSSR count). The smallest absolute Gasteiger partial charge is 0.261 e. The Bertz CT molecular complexity index is 1290. The molecule has 4 atom stereocenters. The predicted octanol–water partition coefficient (Wildman–Crippen LogP) is 1.95. The van der Waals surface area contributed by atoms with Gasteiger partial charge >= 0.3 is 0 Å². The summed E-state index contributed by atoms with van der Waals surface area (Å²) in [4.78, 5) is 12.7. The van der Waals surface area contributed by atoms with E-state index in [0.29, 0.717) is 30.1 Å². The molecule has 0 saturated heterocycles. The van der Waals surface area contributed by atoms with Gasteiger partial charge in [0.15, 0.2) is 11.5 Å². The number of anilines is 1. The molecule has 188 valence electrons. The molecule has 0 unspecified atom stereocenters. The van der Waals surface area contributed by atoms with Crippen LogP contribution in [0.5, 0.6) is 0 Å². The van der Waals surface area contributed by atoms with E-state index in [1.54, 1.807) is 6.33 Å². The second kappa shape index (κ2) is 9.40. The van der Waals surface area contributed by atoms with Crippen LogP contribution in [0.1, 0.15) is 20.8 Å². The van der Waals surface area contributed by atoms with E-state index in [-0.39, 0.29) is 16.9 Å². The van der Waals surface area contributed by atoms with Crippen LogP contribution in [0, 0.1) is 11.8 Å². The predicted molar refractivity (Wildman–Crippen MR) is 142 cm³/mol. The minimum Gasteiger partial charge on any atom is -0.407 e. The molecule has 2 heterocycles. The highest BCUT2D eigenvalue weighted by molar-refractivity contribution is 6.99. The van der Waals surface area contributed by atoms with Crippen molar-refractivity contribution in [1.29, 1.82) is 0 Å². The van der Waals surface area contributed by atoms with Crippen LogP contribution in [0.4, 0.5) is 5.82 Å². The third-order valence-electron chi connectivity index (χ3n) is 7.52. The van der Waals surface area contributed by atoms with Crippen LogP contribution in [0.3, 0.4) is 0 Å². The Balaban J connectivity index is 1.46. The van der Waals surface area contributed by atoms with Gasteiger partial charge in [0.2, 0.25) is 0 Å². The Morgan fingerprint density at radius 3 is 2.06 bits per heavy atom. The lowest BCUT2D eigenvalue weighted by Crippen LogP contribution is -2.68. The first-order valence-corrected chi connectivity index (χ1v) is 14.2. The number of aromatic nitrogens is 4. The molecule has 1 aliphatic carbocycles. The SMILES string of the molecule is CC(C)(C)[Si](OC[C@@H]1[C@H](O)[C@H](O)[C@@H]1Cn1cnc2c(N)ncnc21)(c1ccccc1)c1ccccc1. The Morgan fingerprint density at radius 2 is 1.47 bits per heavy atom. The third-order valence-corrected chi connectivity index (χ3v) is 12.5. The van der Waals surface area contributed by atoms with Crippen molar-refractivity contribution in [2.45, 2.75) is 44.6 Å². The van der Waals surface area contributed by atoms with E-state index in [1.165, 1.54) is 16.7 Å². The maximum absolute atomic E-state index is 10.8. The van der Waals surface area contributed by atoms with E-state index < -0.39 is 20.5 Å². The highest BCUT2D eigenvalue weighted by Crippen LogP contribution is 2.41. The lowest BCUT2D eigenvalue weighted by molar-refractivity contribution is -0.169. The zero-order chi connectivity index (χ0) is 25.5. The molecule has 36 heavy (non-hydrogen) atoms. The quantitative estimate of drug-likeness (QED) is 0.330. The fourth-order valence-corrected chi connectivity index (χ4v) is 10.2. The van der Waals surface area contributed by atoms with Crippen LogP contribution in [-0.4, -0.2) is 56.9 Å². The van der Waals surface area contributed by atoms with Crippen LogP contribution in [0.2, 0.25) is 5.04 Å². The Hall–Kier alpha value is -3.11. The Kier molecular flexibility index (Phi) is 6.42. The van der Waals surface area contributed by atoms with Gasteiger partial charge in [-0.15, -0.1) is 0 Å². The number of rotatable bonds is 7.